The van der Waals surface area contributed by atoms with Crippen LogP contribution in [-0.2, 0) is 16.1 Å². The zero-order valence-electron chi connectivity index (χ0n) is 18.3. The van der Waals surface area contributed by atoms with E-state index in [1.807, 2.05) is 30.3 Å². The van der Waals surface area contributed by atoms with Gasteiger partial charge in [0.05, 0.1) is 0 Å². The number of urea groups is 1. The third kappa shape index (κ3) is 17.4. The van der Waals surface area contributed by atoms with Gasteiger partial charge in [-0.2, -0.15) is 0 Å². The number of amides is 3. The van der Waals surface area contributed by atoms with Crippen LogP contribution in [0.15, 0.2) is 30.3 Å². The second kappa shape index (κ2) is 18.4. The van der Waals surface area contributed by atoms with Gasteiger partial charge in [0.25, 0.3) is 0 Å². The Bertz CT molecular complexity index is 598. The average Bonchev–Trinajstić information content (AvgIpc) is 2.72. The number of carbonyl (C=O) groups is 3. The third-order valence-electron chi connectivity index (χ3n) is 4.04. The van der Waals surface area contributed by atoms with Gasteiger partial charge in [-0.25, -0.2) is 4.79 Å². The first-order chi connectivity index (χ1) is 14.4. The predicted octanol–water partition coefficient (Wildman–Crippen LogP) is 1.27. The molecule has 0 saturated carbocycles. The van der Waals surface area contributed by atoms with Gasteiger partial charge in [-0.15, -0.1) is 0 Å². The van der Waals surface area contributed by atoms with Crippen molar-refractivity contribution >= 4 is 17.9 Å². The lowest BCUT2D eigenvalue weighted by atomic mass is 10.00. The summed E-state index contributed by atoms with van der Waals surface area (Å²) in [5, 5.41) is 22.9. The van der Waals surface area contributed by atoms with Crippen molar-refractivity contribution in [3.8, 4) is 0 Å². The largest absolute Gasteiger partial charge is 0.481 e. The van der Waals surface area contributed by atoms with Crippen molar-refractivity contribution in [3.05, 3.63) is 35.9 Å². The Morgan fingerprint density at radius 2 is 1.73 bits per heavy atom. The van der Waals surface area contributed by atoms with E-state index in [1.165, 1.54) is 6.92 Å². The van der Waals surface area contributed by atoms with E-state index in [9.17, 15) is 14.4 Å². The summed E-state index contributed by atoms with van der Waals surface area (Å²) in [5.41, 5.74) is 1.10. The van der Waals surface area contributed by atoms with E-state index in [1.54, 1.807) is 7.05 Å². The SMILES string of the molecule is CCCC(CNCNCCNC(C)=O)CC(=O)O.CNC(=O)NCc1ccccc1. The summed E-state index contributed by atoms with van der Waals surface area (Å²) < 4.78 is 0. The van der Waals surface area contributed by atoms with Gasteiger partial charge in [-0.1, -0.05) is 43.7 Å². The molecule has 0 aliphatic heterocycles. The molecule has 1 aromatic rings. The van der Waals surface area contributed by atoms with Crippen molar-refractivity contribution in [3.63, 3.8) is 0 Å². The summed E-state index contributed by atoms with van der Waals surface area (Å²) in [5.74, 6) is -0.590. The molecule has 0 spiro atoms. The number of hydrogen-bond donors (Lipinski definition) is 6. The van der Waals surface area contributed by atoms with Crippen molar-refractivity contribution in [2.75, 3.05) is 33.4 Å². The van der Waals surface area contributed by atoms with Gasteiger partial charge in [-0.05, 0) is 24.4 Å². The third-order valence-corrected chi connectivity index (χ3v) is 4.04. The van der Waals surface area contributed by atoms with Crippen LogP contribution in [0.5, 0.6) is 0 Å². The highest BCUT2D eigenvalue weighted by Gasteiger charge is 2.11. The van der Waals surface area contributed by atoms with Crippen LogP contribution in [-0.4, -0.2) is 56.4 Å². The fraction of sp³-hybridized carbons (Fsp3) is 0.571. The molecule has 30 heavy (non-hydrogen) atoms. The molecule has 9 heteroatoms. The first kappa shape index (κ1) is 27.4. The minimum Gasteiger partial charge on any atom is -0.481 e. The molecule has 6 N–H and O–H groups in total. The van der Waals surface area contributed by atoms with Crippen LogP contribution in [0.25, 0.3) is 0 Å². The maximum atomic E-state index is 10.8. The first-order valence-electron chi connectivity index (χ1n) is 10.3. The maximum absolute atomic E-state index is 10.8. The molecular formula is C21H37N5O4. The van der Waals surface area contributed by atoms with Crippen LogP contribution >= 0.6 is 0 Å². The Hall–Kier alpha value is -2.65. The van der Waals surface area contributed by atoms with E-state index >= 15 is 0 Å². The molecule has 0 bridgehead atoms. The molecule has 0 radical (unpaired) electrons. The zero-order valence-corrected chi connectivity index (χ0v) is 18.3. The minimum atomic E-state index is -0.742. The van der Waals surface area contributed by atoms with Crippen molar-refractivity contribution < 1.29 is 19.5 Å². The van der Waals surface area contributed by atoms with E-state index in [0.29, 0.717) is 32.8 Å². The summed E-state index contributed by atoms with van der Waals surface area (Å²) in [7, 11) is 1.60. The molecule has 0 heterocycles. The summed E-state index contributed by atoms with van der Waals surface area (Å²) in [6, 6.07) is 9.62. The number of carboxylic acid groups (broad SMARTS) is 1. The molecule has 0 fully saturated rings. The first-order valence-corrected chi connectivity index (χ1v) is 10.3. The number of nitrogens with one attached hydrogen (secondary N) is 5. The van der Waals surface area contributed by atoms with Crippen LogP contribution in [0.3, 0.4) is 0 Å². The number of benzene rings is 1. The molecule has 1 rings (SSSR count). The fourth-order valence-corrected chi connectivity index (χ4v) is 2.58. The predicted molar refractivity (Wildman–Crippen MR) is 118 cm³/mol. The molecule has 0 aromatic heterocycles. The number of carboxylic acids is 1. The second-order valence-corrected chi connectivity index (χ2v) is 6.78. The lowest BCUT2D eigenvalue weighted by Gasteiger charge is -2.15. The highest BCUT2D eigenvalue weighted by Crippen LogP contribution is 2.09. The van der Waals surface area contributed by atoms with Gasteiger partial charge in [0, 0.05) is 46.7 Å². The molecule has 170 valence electrons. The minimum absolute atomic E-state index is 0.0331. The van der Waals surface area contributed by atoms with Crippen LogP contribution in [0.2, 0.25) is 0 Å². The lowest BCUT2D eigenvalue weighted by molar-refractivity contribution is -0.138. The number of hydrogen-bond acceptors (Lipinski definition) is 5. The maximum Gasteiger partial charge on any atom is 0.314 e. The molecule has 9 nitrogen and oxygen atoms in total. The average molecular weight is 424 g/mol. The van der Waals surface area contributed by atoms with Gasteiger partial charge in [0.1, 0.15) is 0 Å². The summed E-state index contributed by atoms with van der Waals surface area (Å²) in [6.07, 6.45) is 2.13. The standard InChI is InChI=1S/C12H25N3O3.C9H12N2O/c1-3-4-11(7-12(17)18)8-14-9-13-5-6-15-10(2)16;1-10-9(12)11-7-8-5-3-2-4-6-8/h11,13-14H,3-9H2,1-2H3,(H,15,16)(H,17,18);2-6H,7H2,1H3,(H2,10,11,12). The van der Waals surface area contributed by atoms with Gasteiger partial charge >= 0.3 is 12.0 Å². The van der Waals surface area contributed by atoms with Crippen molar-refractivity contribution in [1.82, 2.24) is 26.6 Å². The van der Waals surface area contributed by atoms with Crippen LogP contribution < -0.4 is 26.6 Å². The molecule has 0 aliphatic rings. The molecular weight excluding hydrogens is 386 g/mol. The highest BCUT2D eigenvalue weighted by molar-refractivity contribution is 5.73. The molecule has 0 saturated heterocycles. The highest BCUT2D eigenvalue weighted by atomic mass is 16.4. The Morgan fingerprint density at radius 3 is 2.30 bits per heavy atom. The molecule has 1 aromatic carbocycles. The van der Waals surface area contributed by atoms with Crippen LogP contribution in [0, 0.1) is 5.92 Å². The quantitative estimate of drug-likeness (QED) is 0.209. The van der Waals surface area contributed by atoms with E-state index in [2.05, 4.69) is 33.5 Å². The zero-order chi connectivity index (χ0) is 22.6. The molecule has 0 aliphatic carbocycles. The topological polar surface area (TPSA) is 132 Å². The Balaban J connectivity index is 0.000000604. The van der Waals surface area contributed by atoms with Crippen molar-refractivity contribution in [2.45, 2.75) is 39.7 Å². The summed E-state index contributed by atoms with van der Waals surface area (Å²) in [4.78, 5) is 32.0. The normalized spacial score (nSPS) is 10.9. The van der Waals surface area contributed by atoms with E-state index in [-0.39, 0.29) is 24.3 Å². The molecule has 3 amide bonds. The van der Waals surface area contributed by atoms with Gasteiger partial charge in [-0.3, -0.25) is 9.59 Å². The monoisotopic (exact) mass is 423 g/mol. The smallest absolute Gasteiger partial charge is 0.314 e. The lowest BCUT2D eigenvalue weighted by Crippen LogP contribution is -2.37. The molecule has 1 atom stereocenters. The van der Waals surface area contributed by atoms with Crippen LogP contribution in [0.4, 0.5) is 4.79 Å². The van der Waals surface area contributed by atoms with E-state index in [4.69, 9.17) is 5.11 Å². The van der Waals surface area contributed by atoms with Crippen molar-refractivity contribution in [1.29, 1.82) is 0 Å². The van der Waals surface area contributed by atoms with Gasteiger partial charge < -0.3 is 31.7 Å². The Morgan fingerprint density at radius 1 is 1.03 bits per heavy atom. The number of carbonyl (C=O) groups excluding carboxylic acids is 2. The van der Waals surface area contributed by atoms with Crippen molar-refractivity contribution in [2.24, 2.45) is 5.92 Å². The van der Waals surface area contributed by atoms with E-state index in [0.717, 1.165) is 18.4 Å². The Labute approximate surface area is 179 Å². The Kier molecular flexibility index (Phi) is 16.8. The fourth-order valence-electron chi connectivity index (χ4n) is 2.58. The van der Waals surface area contributed by atoms with Crippen LogP contribution in [0.1, 0.15) is 38.7 Å². The second-order valence-electron chi connectivity index (χ2n) is 6.78. The summed E-state index contributed by atoms with van der Waals surface area (Å²) in [6.45, 7) is 6.74. The number of aliphatic carboxylic acids is 1. The van der Waals surface area contributed by atoms with Gasteiger partial charge in [0.15, 0.2) is 0 Å². The molecule has 1 unspecified atom stereocenters. The number of rotatable bonds is 13. The van der Waals surface area contributed by atoms with E-state index < -0.39 is 5.97 Å². The van der Waals surface area contributed by atoms with Gasteiger partial charge in [0.2, 0.25) is 5.91 Å². The summed E-state index contributed by atoms with van der Waals surface area (Å²) >= 11 is 0.